The topological polar surface area (TPSA) is 49.9 Å². The fourth-order valence-electron chi connectivity index (χ4n) is 3.90. The molecule has 3 aromatic rings. The molecule has 0 aliphatic carbocycles. The second-order valence-corrected chi connectivity index (χ2v) is 7.63. The summed E-state index contributed by atoms with van der Waals surface area (Å²) in [6.07, 6.45) is 0. The molecule has 1 aliphatic heterocycles. The van der Waals surface area contributed by atoms with E-state index >= 15 is 0 Å². The molecular formula is C26H26N2O3. The molecule has 1 saturated heterocycles. The van der Waals surface area contributed by atoms with E-state index in [1.807, 2.05) is 30.3 Å². The summed E-state index contributed by atoms with van der Waals surface area (Å²) in [5, 5.41) is 0. The number of carbonyl (C=O) groups is 2. The van der Waals surface area contributed by atoms with Crippen LogP contribution in [0.15, 0.2) is 78.9 Å². The van der Waals surface area contributed by atoms with Gasteiger partial charge in [-0.2, -0.15) is 0 Å². The molecule has 5 heteroatoms. The van der Waals surface area contributed by atoms with Crippen molar-refractivity contribution in [3.05, 3.63) is 101 Å². The van der Waals surface area contributed by atoms with Crippen molar-refractivity contribution >= 4 is 17.4 Å². The number of carbonyl (C=O) groups excluding carboxylic acids is 2. The van der Waals surface area contributed by atoms with Crippen molar-refractivity contribution in [2.45, 2.75) is 6.54 Å². The predicted molar refractivity (Wildman–Crippen MR) is 122 cm³/mol. The van der Waals surface area contributed by atoms with Crippen molar-refractivity contribution in [1.82, 2.24) is 4.90 Å². The van der Waals surface area contributed by atoms with E-state index in [4.69, 9.17) is 4.74 Å². The Labute approximate surface area is 182 Å². The third-order valence-electron chi connectivity index (χ3n) is 5.54. The van der Waals surface area contributed by atoms with Crippen molar-refractivity contribution in [1.29, 1.82) is 0 Å². The molecule has 0 atom stereocenters. The minimum Gasteiger partial charge on any atom is -0.378 e. The van der Waals surface area contributed by atoms with E-state index < -0.39 is 0 Å². The summed E-state index contributed by atoms with van der Waals surface area (Å²) in [6.45, 7) is 3.54. The van der Waals surface area contributed by atoms with Gasteiger partial charge in [-0.3, -0.25) is 9.59 Å². The molecule has 4 rings (SSSR count). The van der Waals surface area contributed by atoms with Crippen LogP contribution < -0.4 is 4.90 Å². The number of hydrogen-bond acceptors (Lipinski definition) is 4. The van der Waals surface area contributed by atoms with E-state index in [2.05, 4.69) is 17.0 Å². The summed E-state index contributed by atoms with van der Waals surface area (Å²) in [7, 11) is 1.78. The number of benzene rings is 3. The van der Waals surface area contributed by atoms with Crippen LogP contribution in [-0.4, -0.2) is 49.9 Å². The lowest BCUT2D eigenvalue weighted by atomic mass is 9.97. The minimum atomic E-state index is -0.170. The van der Waals surface area contributed by atoms with Gasteiger partial charge in [0.25, 0.3) is 5.91 Å². The number of rotatable bonds is 6. The zero-order valence-corrected chi connectivity index (χ0v) is 17.7. The first-order valence-electron chi connectivity index (χ1n) is 10.5. The Morgan fingerprint density at radius 3 is 2.19 bits per heavy atom. The Kier molecular flexibility index (Phi) is 6.43. The fraction of sp³-hybridized carbons (Fsp3) is 0.231. The molecule has 0 bridgehead atoms. The molecule has 0 radical (unpaired) electrons. The summed E-state index contributed by atoms with van der Waals surface area (Å²) in [4.78, 5) is 30.3. The van der Waals surface area contributed by atoms with Gasteiger partial charge in [0, 0.05) is 43.5 Å². The Hall–Kier alpha value is -3.44. The standard InChI is InChI=1S/C26H26N2O3/c1-27(19-21-11-5-8-14-24(21)28-15-17-31-18-16-28)26(30)23-13-7-6-12-22(23)25(29)20-9-3-2-4-10-20/h2-14H,15-19H2,1H3. The highest BCUT2D eigenvalue weighted by atomic mass is 16.5. The molecule has 158 valence electrons. The van der Waals surface area contributed by atoms with Crippen LogP contribution in [0, 0.1) is 0 Å². The second kappa shape index (κ2) is 9.58. The van der Waals surface area contributed by atoms with E-state index in [0.717, 1.165) is 24.3 Å². The number of morpholine rings is 1. The van der Waals surface area contributed by atoms with Gasteiger partial charge in [0.15, 0.2) is 5.78 Å². The molecule has 1 fully saturated rings. The zero-order valence-electron chi connectivity index (χ0n) is 17.7. The molecule has 1 aliphatic rings. The SMILES string of the molecule is CN(Cc1ccccc1N1CCOCC1)C(=O)c1ccccc1C(=O)c1ccccc1. The highest BCUT2D eigenvalue weighted by molar-refractivity contribution is 6.15. The van der Waals surface area contributed by atoms with Crippen LogP contribution in [0.2, 0.25) is 0 Å². The van der Waals surface area contributed by atoms with Gasteiger partial charge in [-0.1, -0.05) is 66.7 Å². The first-order chi connectivity index (χ1) is 15.1. The first kappa shape index (κ1) is 20.8. The zero-order chi connectivity index (χ0) is 21.6. The largest absolute Gasteiger partial charge is 0.378 e. The lowest BCUT2D eigenvalue weighted by Crippen LogP contribution is -2.37. The number of ether oxygens (including phenoxy) is 1. The van der Waals surface area contributed by atoms with Crippen molar-refractivity contribution in [2.75, 3.05) is 38.3 Å². The lowest BCUT2D eigenvalue weighted by Gasteiger charge is -2.31. The second-order valence-electron chi connectivity index (χ2n) is 7.63. The average Bonchev–Trinajstić information content (AvgIpc) is 2.84. The third kappa shape index (κ3) is 4.67. The minimum absolute atomic E-state index is 0.147. The summed E-state index contributed by atoms with van der Waals surface area (Å²) in [5.41, 5.74) is 3.61. The van der Waals surface area contributed by atoms with Crippen LogP contribution in [-0.2, 0) is 11.3 Å². The molecule has 1 amide bonds. The van der Waals surface area contributed by atoms with E-state index in [1.54, 1.807) is 48.3 Å². The quantitative estimate of drug-likeness (QED) is 0.572. The van der Waals surface area contributed by atoms with Crippen LogP contribution in [0.4, 0.5) is 5.69 Å². The highest BCUT2D eigenvalue weighted by Gasteiger charge is 2.22. The molecule has 0 unspecified atom stereocenters. The van der Waals surface area contributed by atoms with Crippen molar-refractivity contribution < 1.29 is 14.3 Å². The molecule has 3 aromatic carbocycles. The van der Waals surface area contributed by atoms with Gasteiger partial charge in [-0.05, 0) is 17.7 Å². The number of para-hydroxylation sites is 1. The maximum atomic E-state index is 13.3. The highest BCUT2D eigenvalue weighted by Crippen LogP contribution is 2.24. The molecule has 0 spiro atoms. The van der Waals surface area contributed by atoms with Gasteiger partial charge in [0.1, 0.15) is 0 Å². The van der Waals surface area contributed by atoms with E-state index in [9.17, 15) is 9.59 Å². The van der Waals surface area contributed by atoms with Crippen LogP contribution in [0.25, 0.3) is 0 Å². The molecule has 1 heterocycles. The summed E-state index contributed by atoms with van der Waals surface area (Å²) in [5.74, 6) is -0.316. The first-order valence-corrected chi connectivity index (χ1v) is 10.5. The number of amides is 1. The van der Waals surface area contributed by atoms with Crippen LogP contribution in [0.5, 0.6) is 0 Å². The number of nitrogens with zero attached hydrogens (tertiary/aromatic N) is 2. The summed E-state index contributed by atoms with van der Waals surface area (Å²) < 4.78 is 5.47. The van der Waals surface area contributed by atoms with E-state index in [1.165, 1.54) is 0 Å². The third-order valence-corrected chi connectivity index (χ3v) is 5.54. The summed E-state index contributed by atoms with van der Waals surface area (Å²) >= 11 is 0. The Morgan fingerprint density at radius 2 is 1.45 bits per heavy atom. The number of anilines is 1. The van der Waals surface area contributed by atoms with Gasteiger partial charge in [0.05, 0.1) is 18.8 Å². The van der Waals surface area contributed by atoms with Crippen LogP contribution in [0.1, 0.15) is 31.8 Å². The van der Waals surface area contributed by atoms with Crippen molar-refractivity contribution in [3.63, 3.8) is 0 Å². The van der Waals surface area contributed by atoms with Gasteiger partial charge in [-0.25, -0.2) is 0 Å². The number of ketones is 1. The van der Waals surface area contributed by atoms with Gasteiger partial charge >= 0.3 is 0 Å². The maximum absolute atomic E-state index is 13.3. The molecule has 0 N–H and O–H groups in total. The number of hydrogen-bond donors (Lipinski definition) is 0. The van der Waals surface area contributed by atoms with Crippen molar-refractivity contribution in [2.24, 2.45) is 0 Å². The molecular weight excluding hydrogens is 388 g/mol. The van der Waals surface area contributed by atoms with Gasteiger partial charge in [0.2, 0.25) is 0 Å². The Morgan fingerprint density at radius 1 is 0.839 bits per heavy atom. The molecule has 5 nitrogen and oxygen atoms in total. The van der Waals surface area contributed by atoms with Crippen LogP contribution >= 0.6 is 0 Å². The Balaban J connectivity index is 1.57. The maximum Gasteiger partial charge on any atom is 0.254 e. The smallest absolute Gasteiger partial charge is 0.254 e. The fourth-order valence-corrected chi connectivity index (χ4v) is 3.90. The molecule has 31 heavy (non-hydrogen) atoms. The average molecular weight is 415 g/mol. The lowest BCUT2D eigenvalue weighted by molar-refractivity contribution is 0.0780. The van der Waals surface area contributed by atoms with E-state index in [0.29, 0.717) is 36.4 Å². The molecule has 0 aromatic heterocycles. The van der Waals surface area contributed by atoms with E-state index in [-0.39, 0.29) is 11.7 Å². The Bertz CT molecular complexity index is 1060. The molecule has 0 saturated carbocycles. The van der Waals surface area contributed by atoms with Crippen LogP contribution in [0.3, 0.4) is 0 Å². The summed E-state index contributed by atoms with van der Waals surface area (Å²) in [6, 6.07) is 24.2. The predicted octanol–water partition coefficient (Wildman–Crippen LogP) is 4.03. The van der Waals surface area contributed by atoms with Gasteiger partial charge in [-0.15, -0.1) is 0 Å². The normalized spacial score (nSPS) is 13.6. The van der Waals surface area contributed by atoms with Gasteiger partial charge < -0.3 is 14.5 Å². The van der Waals surface area contributed by atoms with Crippen molar-refractivity contribution in [3.8, 4) is 0 Å². The monoisotopic (exact) mass is 414 g/mol.